The first-order valence-corrected chi connectivity index (χ1v) is 12.2. The molecule has 1 amide bonds. The number of thiazole rings is 2. The number of carbonyl (C=O) groups is 3. The van der Waals surface area contributed by atoms with Crippen LogP contribution in [0.4, 0.5) is 5.13 Å². The Labute approximate surface area is 204 Å². The molecule has 8 nitrogen and oxygen atoms in total. The van der Waals surface area contributed by atoms with Crippen molar-refractivity contribution in [3.8, 4) is 0 Å². The van der Waals surface area contributed by atoms with Crippen molar-refractivity contribution in [3.63, 3.8) is 0 Å². The molecule has 0 saturated heterocycles. The normalized spacial score (nSPS) is 15.9. The van der Waals surface area contributed by atoms with Gasteiger partial charge in [-0.25, -0.2) is 14.8 Å². The van der Waals surface area contributed by atoms with Gasteiger partial charge in [0.25, 0.3) is 5.91 Å². The molecule has 0 spiro atoms. The smallest absolute Gasteiger partial charge is 0.350 e. The van der Waals surface area contributed by atoms with Crippen LogP contribution in [0.2, 0.25) is 0 Å². The first-order valence-electron chi connectivity index (χ1n) is 10.6. The second-order valence-electron chi connectivity index (χ2n) is 7.86. The molecule has 1 N–H and O–H groups in total. The molecule has 3 aromatic rings. The lowest BCUT2D eigenvalue weighted by molar-refractivity contribution is -0.117. The predicted molar refractivity (Wildman–Crippen MR) is 130 cm³/mol. The third-order valence-corrected chi connectivity index (χ3v) is 7.62. The van der Waals surface area contributed by atoms with Crippen LogP contribution in [0.1, 0.15) is 59.8 Å². The number of ether oxygens (including phenoxy) is 1. The molecule has 2 aromatic heterocycles. The highest BCUT2D eigenvalue weighted by molar-refractivity contribution is 7.17. The van der Waals surface area contributed by atoms with Gasteiger partial charge >= 0.3 is 5.97 Å². The number of aryl methyl sites for hydroxylation is 4. The number of hydrogen-bond acceptors (Lipinski definition) is 9. The molecule has 1 aromatic carbocycles. The van der Waals surface area contributed by atoms with E-state index in [1.165, 1.54) is 16.2 Å². The fourth-order valence-corrected chi connectivity index (χ4v) is 5.70. The third kappa shape index (κ3) is 4.03. The van der Waals surface area contributed by atoms with E-state index in [2.05, 4.69) is 9.97 Å². The zero-order valence-electron chi connectivity index (χ0n) is 19.3. The number of hydrogen-bond donors (Lipinski definition) is 1. The highest BCUT2D eigenvalue weighted by atomic mass is 32.1. The molecule has 176 valence electrons. The molecule has 1 unspecified atom stereocenters. The first kappa shape index (κ1) is 23.8. The van der Waals surface area contributed by atoms with Gasteiger partial charge in [-0.05, 0) is 40.2 Å². The van der Waals surface area contributed by atoms with E-state index in [9.17, 15) is 19.5 Å². The summed E-state index contributed by atoms with van der Waals surface area (Å²) in [5.74, 6) is -2.38. The molecule has 0 bridgehead atoms. The standard InChI is InChI=1S/C24H23N3O5S2/c1-6-32-23(31)21-13(4)26-24(34-21)27-17(15-9-7-11(2)8-10-15)16(19(29)22(27)30)18(28)20-12(3)25-14(5)33-20/h7-10,17,29H,6H2,1-5H3. The minimum absolute atomic E-state index is 0.0360. The summed E-state index contributed by atoms with van der Waals surface area (Å²) in [6.07, 6.45) is 0. The highest BCUT2D eigenvalue weighted by Crippen LogP contribution is 2.44. The van der Waals surface area contributed by atoms with Crippen LogP contribution in [0, 0.1) is 27.7 Å². The number of carbonyl (C=O) groups excluding carboxylic acids is 3. The van der Waals surface area contributed by atoms with Crippen molar-refractivity contribution in [2.45, 2.75) is 40.7 Å². The summed E-state index contributed by atoms with van der Waals surface area (Å²) in [5.41, 5.74) is 2.55. The van der Waals surface area contributed by atoms with Crippen molar-refractivity contribution >= 4 is 45.5 Å². The molecule has 10 heteroatoms. The van der Waals surface area contributed by atoms with Crippen LogP contribution in [-0.4, -0.2) is 39.3 Å². The summed E-state index contributed by atoms with van der Waals surface area (Å²) in [6, 6.07) is 6.44. The van der Waals surface area contributed by atoms with Gasteiger partial charge in [-0.1, -0.05) is 41.2 Å². The van der Waals surface area contributed by atoms with E-state index in [0.717, 1.165) is 16.9 Å². The predicted octanol–water partition coefficient (Wildman–Crippen LogP) is 4.79. The molecule has 0 saturated carbocycles. The molecule has 34 heavy (non-hydrogen) atoms. The first-order chi connectivity index (χ1) is 16.1. The van der Waals surface area contributed by atoms with Crippen LogP contribution >= 0.6 is 22.7 Å². The van der Waals surface area contributed by atoms with E-state index < -0.39 is 29.5 Å². The molecule has 1 atom stereocenters. The molecular formula is C24H23N3O5S2. The SMILES string of the molecule is CCOC(=O)c1sc(N2C(=O)C(O)=C(C(=O)c3sc(C)nc3C)C2c2ccc(C)cc2)nc1C. The maximum absolute atomic E-state index is 13.6. The van der Waals surface area contributed by atoms with E-state index in [1.54, 1.807) is 27.7 Å². The molecule has 1 aliphatic rings. The van der Waals surface area contributed by atoms with E-state index in [0.29, 0.717) is 26.8 Å². The number of anilines is 1. The van der Waals surface area contributed by atoms with Gasteiger partial charge in [0.15, 0.2) is 10.9 Å². The zero-order chi connectivity index (χ0) is 24.7. The average Bonchev–Trinajstić information content (AvgIpc) is 3.42. The summed E-state index contributed by atoms with van der Waals surface area (Å²) < 4.78 is 5.10. The highest BCUT2D eigenvalue weighted by Gasteiger charge is 2.46. The number of amides is 1. The lowest BCUT2D eigenvalue weighted by Crippen LogP contribution is -2.31. The van der Waals surface area contributed by atoms with Gasteiger partial charge < -0.3 is 9.84 Å². The number of aliphatic hydroxyl groups excluding tert-OH is 1. The number of rotatable bonds is 6. The number of aromatic nitrogens is 2. The van der Waals surface area contributed by atoms with Crippen LogP contribution in [0.25, 0.3) is 0 Å². The minimum atomic E-state index is -0.914. The van der Waals surface area contributed by atoms with E-state index in [1.807, 2.05) is 31.2 Å². The second-order valence-corrected chi connectivity index (χ2v) is 10.0. The maximum atomic E-state index is 13.6. The minimum Gasteiger partial charge on any atom is -0.503 e. The summed E-state index contributed by atoms with van der Waals surface area (Å²) >= 11 is 2.20. The van der Waals surface area contributed by atoms with Gasteiger partial charge in [-0.2, -0.15) is 0 Å². The number of Topliss-reactive ketones (excluding diaryl/α,β-unsaturated/α-hetero) is 1. The molecular weight excluding hydrogens is 474 g/mol. The van der Waals surface area contributed by atoms with Crippen molar-refractivity contribution in [2.24, 2.45) is 0 Å². The number of benzene rings is 1. The molecule has 3 heterocycles. The van der Waals surface area contributed by atoms with Gasteiger partial charge in [0, 0.05) is 0 Å². The van der Waals surface area contributed by atoms with Crippen molar-refractivity contribution in [1.82, 2.24) is 9.97 Å². The van der Waals surface area contributed by atoms with Crippen LogP contribution < -0.4 is 4.90 Å². The van der Waals surface area contributed by atoms with Crippen LogP contribution in [0.15, 0.2) is 35.6 Å². The van der Waals surface area contributed by atoms with Gasteiger partial charge in [0.2, 0.25) is 5.78 Å². The van der Waals surface area contributed by atoms with E-state index in [4.69, 9.17) is 4.74 Å². The summed E-state index contributed by atoms with van der Waals surface area (Å²) in [7, 11) is 0. The Morgan fingerprint density at radius 3 is 2.26 bits per heavy atom. The van der Waals surface area contributed by atoms with Gasteiger partial charge in [-0.3, -0.25) is 14.5 Å². The van der Waals surface area contributed by atoms with Crippen molar-refractivity contribution in [3.05, 3.63) is 72.9 Å². The Morgan fingerprint density at radius 2 is 1.68 bits per heavy atom. The fourth-order valence-electron chi connectivity index (χ4n) is 3.83. The van der Waals surface area contributed by atoms with Gasteiger partial charge in [0.05, 0.1) is 39.5 Å². The molecule has 4 rings (SSSR count). The number of esters is 1. The Morgan fingerprint density at radius 1 is 1.03 bits per heavy atom. The fraction of sp³-hybridized carbons (Fsp3) is 0.292. The largest absolute Gasteiger partial charge is 0.503 e. The third-order valence-electron chi connectivity index (χ3n) is 5.41. The number of aliphatic hydroxyl groups is 1. The Kier molecular flexibility index (Phi) is 6.37. The quantitative estimate of drug-likeness (QED) is 0.385. The van der Waals surface area contributed by atoms with Crippen molar-refractivity contribution in [2.75, 3.05) is 11.5 Å². The summed E-state index contributed by atoms with van der Waals surface area (Å²) in [6.45, 7) is 9.00. The Balaban J connectivity index is 1.86. The topological polar surface area (TPSA) is 110 Å². The van der Waals surface area contributed by atoms with Crippen LogP contribution in [-0.2, 0) is 9.53 Å². The van der Waals surface area contributed by atoms with Crippen molar-refractivity contribution < 1.29 is 24.2 Å². The number of nitrogens with zero attached hydrogens (tertiary/aromatic N) is 3. The molecule has 0 fully saturated rings. The van der Waals surface area contributed by atoms with E-state index in [-0.39, 0.29) is 22.2 Å². The van der Waals surface area contributed by atoms with Gasteiger partial charge in [-0.15, -0.1) is 11.3 Å². The molecule has 1 aliphatic heterocycles. The summed E-state index contributed by atoms with van der Waals surface area (Å²) in [4.78, 5) is 49.9. The van der Waals surface area contributed by atoms with Crippen LogP contribution in [0.3, 0.4) is 0 Å². The zero-order valence-corrected chi connectivity index (χ0v) is 21.0. The molecule has 0 aliphatic carbocycles. The number of ketones is 1. The Bertz CT molecular complexity index is 1340. The average molecular weight is 498 g/mol. The monoisotopic (exact) mass is 497 g/mol. The molecule has 0 radical (unpaired) electrons. The lowest BCUT2D eigenvalue weighted by atomic mass is 9.94. The Hall–Kier alpha value is -3.37. The van der Waals surface area contributed by atoms with Crippen molar-refractivity contribution in [1.29, 1.82) is 0 Å². The van der Waals surface area contributed by atoms with E-state index >= 15 is 0 Å². The maximum Gasteiger partial charge on any atom is 0.350 e. The van der Waals surface area contributed by atoms with Crippen LogP contribution in [0.5, 0.6) is 0 Å². The lowest BCUT2D eigenvalue weighted by Gasteiger charge is -2.24. The summed E-state index contributed by atoms with van der Waals surface area (Å²) in [5, 5.41) is 11.8. The van der Waals surface area contributed by atoms with Gasteiger partial charge in [0.1, 0.15) is 4.88 Å². The second kappa shape index (κ2) is 9.11.